The summed E-state index contributed by atoms with van der Waals surface area (Å²) in [6, 6.07) is 23.0. The zero-order valence-corrected chi connectivity index (χ0v) is 35.4. The Labute approximate surface area is 361 Å². The molecule has 3 aromatic carbocycles. The summed E-state index contributed by atoms with van der Waals surface area (Å²) in [5.74, 6) is 0.647. The van der Waals surface area contributed by atoms with Crippen molar-refractivity contribution in [3.8, 4) is 11.5 Å². The topological polar surface area (TPSA) is 175 Å². The van der Waals surface area contributed by atoms with Gasteiger partial charge in [-0.25, -0.2) is 18.1 Å². The number of hydrogen-bond donors (Lipinski definition) is 4. The number of H-pyrrole nitrogens is 1. The molecule has 0 bridgehead atoms. The van der Waals surface area contributed by atoms with Crippen LogP contribution >= 0.6 is 0 Å². The Morgan fingerprint density at radius 3 is 2.61 bits per heavy atom. The number of sulfonamides is 1. The van der Waals surface area contributed by atoms with Gasteiger partial charge in [0.1, 0.15) is 17.1 Å². The summed E-state index contributed by atoms with van der Waals surface area (Å²) in [5, 5.41) is 26.0. The van der Waals surface area contributed by atoms with E-state index in [4.69, 9.17) is 9.47 Å². The molecule has 1 amide bonds. The highest BCUT2D eigenvalue weighted by Crippen LogP contribution is 2.47. The van der Waals surface area contributed by atoms with Gasteiger partial charge in [0, 0.05) is 36.8 Å². The lowest BCUT2D eigenvalue weighted by Gasteiger charge is -2.36. The van der Waals surface area contributed by atoms with Gasteiger partial charge in [0.25, 0.3) is 15.9 Å². The molecule has 4 N–H and O–H groups in total. The van der Waals surface area contributed by atoms with Crippen LogP contribution in [0.1, 0.15) is 90.4 Å². The van der Waals surface area contributed by atoms with Gasteiger partial charge in [-0.15, -0.1) is 0 Å². The molecule has 5 aromatic rings. The molecule has 62 heavy (non-hydrogen) atoms. The Bertz CT molecular complexity index is 2610. The van der Waals surface area contributed by atoms with Gasteiger partial charge in [0.15, 0.2) is 0 Å². The van der Waals surface area contributed by atoms with Gasteiger partial charge in [-0.3, -0.25) is 19.8 Å². The van der Waals surface area contributed by atoms with Crippen molar-refractivity contribution in [2.24, 2.45) is 5.92 Å². The number of aromatic nitrogens is 2. The summed E-state index contributed by atoms with van der Waals surface area (Å²) in [4.78, 5) is 26.2. The number of hydrogen-bond acceptors (Lipinski definition) is 12. The number of rotatable bonds is 14. The van der Waals surface area contributed by atoms with Crippen LogP contribution in [0.2, 0.25) is 0 Å². The molecule has 5 aliphatic rings. The third-order valence-corrected chi connectivity index (χ3v) is 14.8. The number of pyridine rings is 1. The van der Waals surface area contributed by atoms with E-state index in [1.54, 1.807) is 30.6 Å². The highest BCUT2D eigenvalue weighted by molar-refractivity contribution is 7.90. The van der Waals surface area contributed by atoms with Crippen LogP contribution in [0.3, 0.4) is 0 Å². The van der Waals surface area contributed by atoms with Crippen molar-refractivity contribution < 1.29 is 27.9 Å². The molecule has 14 nitrogen and oxygen atoms in total. The first-order chi connectivity index (χ1) is 30.2. The number of likely N-dealkylation sites (tertiary alicyclic amines) is 2. The lowest BCUT2D eigenvalue weighted by atomic mass is 9.88. The highest BCUT2D eigenvalue weighted by Gasteiger charge is 2.37. The average Bonchev–Trinajstić information content (AvgIpc) is 3.57. The molecule has 0 radical (unpaired) electrons. The number of aromatic amines is 1. The summed E-state index contributed by atoms with van der Waals surface area (Å²) < 4.78 is 41.4. The maximum atomic E-state index is 14.0. The largest absolute Gasteiger partial charge is 0.733 e. The van der Waals surface area contributed by atoms with E-state index in [9.17, 15) is 23.6 Å². The van der Waals surface area contributed by atoms with Gasteiger partial charge >= 0.3 is 0 Å². The van der Waals surface area contributed by atoms with E-state index in [1.165, 1.54) is 48.9 Å². The number of amides is 1. The van der Waals surface area contributed by atoms with E-state index < -0.39 is 15.9 Å². The second kappa shape index (κ2) is 17.1. The Kier molecular flexibility index (Phi) is 11.3. The second-order valence-corrected chi connectivity index (χ2v) is 19.1. The van der Waals surface area contributed by atoms with Crippen LogP contribution in [0.15, 0.2) is 96.2 Å². The van der Waals surface area contributed by atoms with E-state index in [1.807, 2.05) is 12.1 Å². The fraction of sp³-hybridized carbons (Fsp3) is 0.404. The third kappa shape index (κ3) is 8.44. The predicted molar refractivity (Wildman–Crippen MR) is 237 cm³/mol. The number of fused-ring (bicyclic) bond motifs is 1. The van der Waals surface area contributed by atoms with Gasteiger partial charge in [-0.05, 0) is 141 Å². The van der Waals surface area contributed by atoms with Crippen LogP contribution in [-0.4, -0.2) is 90.8 Å². The fourth-order valence-electron chi connectivity index (χ4n) is 9.89. The molecule has 3 atom stereocenters. The number of nitrogens with one attached hydrogen (secondary N) is 3. The molecule has 5 heterocycles. The van der Waals surface area contributed by atoms with Crippen molar-refractivity contribution in [1.82, 2.24) is 24.5 Å². The monoisotopic (exact) mass is 858 g/mol. The molecule has 324 valence electrons. The maximum absolute atomic E-state index is 14.0. The first kappa shape index (κ1) is 40.8. The number of nitrogens with zero attached hydrogens (tertiary/aromatic N) is 4. The lowest BCUT2D eigenvalue weighted by Crippen LogP contribution is -2.48. The molecule has 2 aliphatic carbocycles. The standard InChI is InChI=1S/C47H52N7O7S/c55-47(51-62(58,59)38-14-16-42(44(24-38)54(56)57)49-25-30-18-21-52(27-30)36-28-60-29-36)41-15-11-33(23-45(41)61-37-22-34-17-19-48-46(34)50-26-37)31-9-12-35(13-10-31)53-20-3-6-43(53)40-5-2-1-4-39(40)32-7-8-32/h1-2,4-5,9,11,14-17,19,22-24,26,30,32,35-36,43,49,56H,3,6-8,10,12-13,18,20-21,25,27-29H2,(H,48,50)(H,51,55)/q-1/t30-,35?,43?/m0/s1. The molecular weight excluding hydrogens is 807 g/mol. The van der Waals surface area contributed by atoms with Crippen molar-refractivity contribution in [1.29, 1.82) is 0 Å². The smallest absolute Gasteiger partial charge is 0.268 e. The maximum Gasteiger partial charge on any atom is 0.268 e. The van der Waals surface area contributed by atoms with E-state index in [0.29, 0.717) is 47.9 Å². The third-order valence-electron chi connectivity index (χ3n) is 13.5. The minimum Gasteiger partial charge on any atom is -0.733 e. The minimum absolute atomic E-state index is 0.000189. The van der Waals surface area contributed by atoms with E-state index in [2.05, 4.69) is 60.1 Å². The normalized spacial score (nSPS) is 22.4. The molecule has 1 saturated carbocycles. The number of carbonyl (C=O) groups excluding carboxylic acids is 1. The van der Waals surface area contributed by atoms with Crippen LogP contribution in [0, 0.1) is 11.1 Å². The molecule has 10 rings (SSSR count). The van der Waals surface area contributed by atoms with Crippen molar-refractivity contribution in [2.75, 3.05) is 49.9 Å². The van der Waals surface area contributed by atoms with E-state index in [-0.39, 0.29) is 32.8 Å². The second-order valence-electron chi connectivity index (χ2n) is 17.5. The number of carbonyl (C=O) groups is 1. The quantitative estimate of drug-likeness (QED) is 0.0795. The van der Waals surface area contributed by atoms with Crippen LogP contribution in [0.4, 0.5) is 11.4 Å². The summed E-state index contributed by atoms with van der Waals surface area (Å²) in [5.41, 5.74) is 5.74. The Hall–Kier alpha value is -5.29. The molecule has 3 aliphatic heterocycles. The molecule has 4 fully saturated rings. The number of ether oxygens (including phenoxy) is 2. The summed E-state index contributed by atoms with van der Waals surface area (Å²) in [7, 11) is -4.52. The molecule has 3 saturated heterocycles. The van der Waals surface area contributed by atoms with Crippen molar-refractivity contribution in [2.45, 2.75) is 80.3 Å². The lowest BCUT2D eigenvalue weighted by molar-refractivity contribution is -0.0579. The summed E-state index contributed by atoms with van der Waals surface area (Å²) in [6.07, 6.45) is 14.3. The Morgan fingerprint density at radius 2 is 1.84 bits per heavy atom. The van der Waals surface area contributed by atoms with Crippen molar-refractivity contribution >= 4 is 43.9 Å². The zero-order valence-electron chi connectivity index (χ0n) is 34.5. The van der Waals surface area contributed by atoms with Gasteiger partial charge < -0.3 is 30.2 Å². The van der Waals surface area contributed by atoms with E-state index in [0.717, 1.165) is 81.1 Å². The Balaban J connectivity index is 0.869. The van der Waals surface area contributed by atoms with Crippen molar-refractivity contribution in [3.05, 3.63) is 119 Å². The fourth-order valence-corrected chi connectivity index (χ4v) is 10.9. The zero-order chi connectivity index (χ0) is 42.4. The minimum atomic E-state index is -4.52. The molecule has 0 spiro atoms. The highest BCUT2D eigenvalue weighted by atomic mass is 32.2. The summed E-state index contributed by atoms with van der Waals surface area (Å²) >= 11 is 0. The van der Waals surface area contributed by atoms with Gasteiger partial charge in [-0.1, -0.05) is 36.4 Å². The number of anilines is 2. The predicted octanol–water partition coefficient (Wildman–Crippen LogP) is 7.95. The molecule has 2 unspecified atom stereocenters. The van der Waals surface area contributed by atoms with Crippen LogP contribution in [-0.2, 0) is 14.8 Å². The van der Waals surface area contributed by atoms with Gasteiger partial charge in [0.05, 0.1) is 47.3 Å². The van der Waals surface area contributed by atoms with Gasteiger partial charge in [-0.2, -0.15) is 0 Å². The van der Waals surface area contributed by atoms with Gasteiger partial charge in [0.2, 0.25) is 0 Å². The van der Waals surface area contributed by atoms with Crippen LogP contribution < -0.4 is 20.0 Å². The first-order valence-corrected chi connectivity index (χ1v) is 23.4. The number of benzene rings is 3. The Morgan fingerprint density at radius 1 is 0.984 bits per heavy atom. The number of allylic oxidation sites excluding steroid dienone is 1. The molecule has 2 aromatic heterocycles. The van der Waals surface area contributed by atoms with Crippen LogP contribution in [0.25, 0.3) is 16.6 Å². The van der Waals surface area contributed by atoms with Crippen molar-refractivity contribution in [3.63, 3.8) is 0 Å². The average molecular weight is 859 g/mol. The van der Waals surface area contributed by atoms with E-state index >= 15 is 0 Å². The SMILES string of the molecule is O=C(NS(=O)(=O)c1ccc(NC[C@@H]2CCN(C3COC3)C2)c(N([O-])O)c1)c1ccc(C2=CCC(N3CCCC3c3ccccc3C3CC3)CC2)cc1Oc1cnc2[nH]ccc2c1. The molecule has 15 heteroatoms. The van der Waals surface area contributed by atoms with Crippen LogP contribution in [0.5, 0.6) is 11.5 Å². The first-order valence-electron chi connectivity index (χ1n) is 21.9. The summed E-state index contributed by atoms with van der Waals surface area (Å²) in [6.45, 7) is 4.94. The molecular formula is C47H52N7O7S-.